The van der Waals surface area contributed by atoms with Gasteiger partial charge in [-0.25, -0.2) is 0 Å². The van der Waals surface area contributed by atoms with Crippen LogP contribution in [0.3, 0.4) is 0 Å². The number of benzene rings is 2. The lowest BCUT2D eigenvalue weighted by Gasteiger charge is -2.16. The highest BCUT2D eigenvalue weighted by Gasteiger charge is 2.23. The molecule has 0 aliphatic carbocycles. The predicted octanol–water partition coefficient (Wildman–Crippen LogP) is 2.68. The number of amides is 2. The lowest BCUT2D eigenvalue weighted by Crippen LogP contribution is -2.32. The summed E-state index contributed by atoms with van der Waals surface area (Å²) >= 11 is 1.36. The average Bonchev–Trinajstić information content (AvgIpc) is 3.13. The summed E-state index contributed by atoms with van der Waals surface area (Å²) in [6.07, 6.45) is 1.67. The third-order valence-corrected chi connectivity index (χ3v) is 5.46. The molecule has 0 spiro atoms. The summed E-state index contributed by atoms with van der Waals surface area (Å²) in [5.74, 6) is 1.47. The van der Waals surface area contributed by atoms with Crippen molar-refractivity contribution < 1.29 is 14.3 Å². The Balaban J connectivity index is 1.34. The normalized spacial score (nSPS) is 12.6. The molecule has 3 rings (SSSR count). The number of nitrogens with one attached hydrogen (secondary N) is 1. The zero-order valence-electron chi connectivity index (χ0n) is 15.4. The highest BCUT2D eigenvalue weighted by atomic mass is 32.2. The van der Waals surface area contributed by atoms with Crippen LogP contribution < -0.4 is 15.0 Å². The van der Waals surface area contributed by atoms with Gasteiger partial charge in [0.15, 0.2) is 0 Å². The monoisotopic (exact) mass is 384 g/mol. The second-order valence-corrected chi connectivity index (χ2v) is 7.35. The van der Waals surface area contributed by atoms with E-state index in [0.717, 1.165) is 36.4 Å². The SMILES string of the molecule is COc1ccc(CCNC(=O)CSCC(=O)N2CCc3ccccc32)cc1. The molecule has 1 N–H and O–H groups in total. The van der Waals surface area contributed by atoms with E-state index in [1.165, 1.54) is 17.3 Å². The molecule has 1 aliphatic rings. The van der Waals surface area contributed by atoms with Crippen molar-refractivity contribution >= 4 is 29.3 Å². The molecule has 5 nitrogen and oxygen atoms in total. The number of thioether (sulfide) groups is 1. The Morgan fingerprint density at radius 3 is 2.67 bits per heavy atom. The van der Waals surface area contributed by atoms with Crippen LogP contribution in [-0.2, 0) is 22.4 Å². The first-order valence-electron chi connectivity index (χ1n) is 9.03. The highest BCUT2D eigenvalue weighted by molar-refractivity contribution is 8.00. The number of ether oxygens (including phenoxy) is 1. The second-order valence-electron chi connectivity index (χ2n) is 6.36. The van der Waals surface area contributed by atoms with E-state index in [9.17, 15) is 9.59 Å². The molecule has 142 valence electrons. The highest BCUT2D eigenvalue weighted by Crippen LogP contribution is 2.27. The molecule has 0 fully saturated rings. The first kappa shape index (κ1) is 19.3. The molecule has 1 heterocycles. The van der Waals surface area contributed by atoms with Gasteiger partial charge in [0.25, 0.3) is 0 Å². The molecule has 0 atom stereocenters. The first-order valence-corrected chi connectivity index (χ1v) is 10.2. The topological polar surface area (TPSA) is 58.6 Å². The average molecular weight is 385 g/mol. The van der Waals surface area contributed by atoms with E-state index in [2.05, 4.69) is 11.4 Å². The van der Waals surface area contributed by atoms with Crippen molar-refractivity contribution in [3.05, 3.63) is 59.7 Å². The Morgan fingerprint density at radius 2 is 1.89 bits per heavy atom. The standard InChI is InChI=1S/C21H24N2O3S/c1-26-18-8-6-16(7-9-18)10-12-22-20(24)14-27-15-21(25)23-13-11-17-4-2-3-5-19(17)23/h2-9H,10-15H2,1H3,(H,22,24). The molecule has 1 aliphatic heterocycles. The summed E-state index contributed by atoms with van der Waals surface area (Å²) in [6, 6.07) is 15.8. The van der Waals surface area contributed by atoms with Gasteiger partial charge in [0.2, 0.25) is 11.8 Å². The van der Waals surface area contributed by atoms with Crippen LogP contribution in [0, 0.1) is 0 Å². The number of carbonyl (C=O) groups excluding carboxylic acids is 2. The van der Waals surface area contributed by atoms with Gasteiger partial charge in [-0.1, -0.05) is 30.3 Å². The molecule has 2 aromatic carbocycles. The molecular formula is C21H24N2O3S. The zero-order chi connectivity index (χ0) is 19.1. The lowest BCUT2D eigenvalue weighted by atomic mass is 10.1. The molecule has 0 bridgehead atoms. The van der Waals surface area contributed by atoms with Crippen LogP contribution in [0.2, 0.25) is 0 Å². The van der Waals surface area contributed by atoms with Crippen molar-refractivity contribution in [3.63, 3.8) is 0 Å². The van der Waals surface area contributed by atoms with Crippen LogP contribution in [0.25, 0.3) is 0 Å². The number of nitrogens with zero attached hydrogens (tertiary/aromatic N) is 1. The molecule has 0 saturated carbocycles. The van der Waals surface area contributed by atoms with E-state index in [-0.39, 0.29) is 11.8 Å². The smallest absolute Gasteiger partial charge is 0.237 e. The molecule has 2 amide bonds. The maximum Gasteiger partial charge on any atom is 0.237 e. The molecule has 0 radical (unpaired) electrons. The maximum atomic E-state index is 12.4. The van der Waals surface area contributed by atoms with E-state index in [1.54, 1.807) is 7.11 Å². The summed E-state index contributed by atoms with van der Waals surface area (Å²) in [4.78, 5) is 26.2. The van der Waals surface area contributed by atoms with Crippen LogP contribution in [0.1, 0.15) is 11.1 Å². The van der Waals surface area contributed by atoms with Crippen LogP contribution in [0.5, 0.6) is 5.75 Å². The minimum atomic E-state index is -0.0388. The van der Waals surface area contributed by atoms with Crippen LogP contribution >= 0.6 is 11.8 Å². The van der Waals surface area contributed by atoms with Crippen molar-refractivity contribution in [3.8, 4) is 5.75 Å². The van der Waals surface area contributed by atoms with Gasteiger partial charge in [-0.05, 0) is 42.2 Å². The first-order chi connectivity index (χ1) is 13.2. The van der Waals surface area contributed by atoms with Crippen molar-refractivity contribution in [1.29, 1.82) is 0 Å². The molecule has 2 aromatic rings. The molecular weight excluding hydrogens is 360 g/mol. The van der Waals surface area contributed by atoms with Crippen molar-refractivity contribution in [2.24, 2.45) is 0 Å². The van der Waals surface area contributed by atoms with Gasteiger partial charge in [0, 0.05) is 18.8 Å². The van der Waals surface area contributed by atoms with E-state index in [4.69, 9.17) is 4.74 Å². The van der Waals surface area contributed by atoms with Crippen molar-refractivity contribution in [2.75, 3.05) is 36.6 Å². The van der Waals surface area contributed by atoms with E-state index >= 15 is 0 Å². The van der Waals surface area contributed by atoms with Crippen LogP contribution in [0.4, 0.5) is 5.69 Å². The lowest BCUT2D eigenvalue weighted by molar-refractivity contribution is -0.118. The quantitative estimate of drug-likeness (QED) is 0.760. The third-order valence-electron chi connectivity index (χ3n) is 4.54. The molecule has 0 saturated heterocycles. The van der Waals surface area contributed by atoms with Gasteiger partial charge in [0.05, 0.1) is 18.6 Å². The zero-order valence-corrected chi connectivity index (χ0v) is 16.3. The van der Waals surface area contributed by atoms with Crippen LogP contribution in [0.15, 0.2) is 48.5 Å². The van der Waals surface area contributed by atoms with Gasteiger partial charge >= 0.3 is 0 Å². The van der Waals surface area contributed by atoms with Gasteiger partial charge in [-0.15, -0.1) is 11.8 Å². The minimum absolute atomic E-state index is 0.0388. The van der Waals surface area contributed by atoms with Gasteiger partial charge in [-0.2, -0.15) is 0 Å². The number of para-hydroxylation sites is 1. The van der Waals surface area contributed by atoms with Gasteiger partial charge in [-0.3, -0.25) is 9.59 Å². The second kappa shape index (κ2) is 9.46. The van der Waals surface area contributed by atoms with E-state index in [0.29, 0.717) is 18.1 Å². The Bertz CT molecular complexity index is 792. The fraction of sp³-hybridized carbons (Fsp3) is 0.333. The Morgan fingerprint density at radius 1 is 1.11 bits per heavy atom. The molecule has 0 unspecified atom stereocenters. The fourth-order valence-corrected chi connectivity index (χ4v) is 3.82. The number of hydrogen-bond donors (Lipinski definition) is 1. The van der Waals surface area contributed by atoms with Crippen molar-refractivity contribution in [2.45, 2.75) is 12.8 Å². The summed E-state index contributed by atoms with van der Waals surface area (Å²) in [5.41, 5.74) is 3.37. The predicted molar refractivity (Wildman–Crippen MR) is 110 cm³/mol. The van der Waals surface area contributed by atoms with Crippen molar-refractivity contribution in [1.82, 2.24) is 5.32 Å². The Labute approximate surface area is 164 Å². The number of fused-ring (bicyclic) bond motifs is 1. The molecule has 0 aromatic heterocycles. The number of rotatable bonds is 8. The van der Waals surface area contributed by atoms with Crippen LogP contribution in [-0.4, -0.2) is 43.5 Å². The summed E-state index contributed by atoms with van der Waals surface area (Å²) in [5, 5.41) is 2.90. The minimum Gasteiger partial charge on any atom is -0.497 e. The Kier molecular flexibility index (Phi) is 6.76. The number of anilines is 1. The van der Waals surface area contributed by atoms with Gasteiger partial charge < -0.3 is 15.0 Å². The number of carbonyl (C=O) groups is 2. The largest absolute Gasteiger partial charge is 0.497 e. The fourth-order valence-electron chi connectivity index (χ4n) is 3.10. The molecule has 27 heavy (non-hydrogen) atoms. The molecule has 6 heteroatoms. The summed E-state index contributed by atoms with van der Waals surface area (Å²) < 4.78 is 5.13. The maximum absolute atomic E-state index is 12.4. The third kappa shape index (κ3) is 5.26. The number of methoxy groups -OCH3 is 1. The Hall–Kier alpha value is -2.47. The van der Waals surface area contributed by atoms with Gasteiger partial charge in [0.1, 0.15) is 5.75 Å². The van der Waals surface area contributed by atoms with E-state index < -0.39 is 0 Å². The van der Waals surface area contributed by atoms with E-state index in [1.807, 2.05) is 47.4 Å². The summed E-state index contributed by atoms with van der Waals surface area (Å²) in [7, 11) is 1.64. The number of hydrogen-bond acceptors (Lipinski definition) is 4. The summed E-state index contributed by atoms with van der Waals surface area (Å²) in [6.45, 7) is 1.31.